The van der Waals surface area contributed by atoms with Crippen molar-refractivity contribution >= 4 is 23.1 Å². The Kier molecular flexibility index (Phi) is 8.52. The van der Waals surface area contributed by atoms with E-state index in [4.69, 9.17) is 21.7 Å². The Labute approximate surface area is 229 Å². The Morgan fingerprint density at radius 2 is 1.90 bits per heavy atom. The van der Waals surface area contributed by atoms with Gasteiger partial charge in [-0.15, -0.1) is 0 Å². The molecule has 2 aromatic carbocycles. The summed E-state index contributed by atoms with van der Waals surface area (Å²) in [5, 5.41) is 18.8. The molecular weight excluding hydrogens is 526 g/mol. The lowest BCUT2D eigenvalue weighted by atomic mass is 10.0. The van der Waals surface area contributed by atoms with Gasteiger partial charge in [0.15, 0.2) is 11.6 Å². The first-order chi connectivity index (χ1) is 18.5. The van der Waals surface area contributed by atoms with Crippen molar-refractivity contribution in [3.63, 3.8) is 0 Å². The van der Waals surface area contributed by atoms with Gasteiger partial charge in [0.1, 0.15) is 23.0 Å². The zero-order chi connectivity index (χ0) is 28.2. The van der Waals surface area contributed by atoms with Crippen molar-refractivity contribution in [3.05, 3.63) is 100 Å². The van der Waals surface area contributed by atoms with Gasteiger partial charge in [-0.1, -0.05) is 17.7 Å². The molecule has 0 aliphatic heterocycles. The van der Waals surface area contributed by atoms with Crippen LogP contribution in [0.4, 0.5) is 8.78 Å². The Bertz CT molecular complexity index is 1510. The van der Waals surface area contributed by atoms with Crippen LogP contribution in [0.5, 0.6) is 5.75 Å². The fourth-order valence-corrected chi connectivity index (χ4v) is 4.13. The van der Waals surface area contributed by atoms with E-state index in [-0.39, 0.29) is 23.5 Å². The highest BCUT2D eigenvalue weighted by Crippen LogP contribution is 2.32. The molecule has 7 nitrogen and oxygen atoms in total. The van der Waals surface area contributed by atoms with Crippen LogP contribution in [0.15, 0.2) is 60.9 Å². The number of nitrogens with zero attached hydrogens (tertiary/aromatic N) is 2. The average molecular weight is 553 g/mol. The molecule has 2 heterocycles. The number of aliphatic hydroxyl groups is 1. The molecule has 0 aliphatic carbocycles. The maximum Gasteiger partial charge on any atom is 0.230 e. The Morgan fingerprint density at radius 1 is 1.10 bits per heavy atom. The summed E-state index contributed by atoms with van der Waals surface area (Å²) in [5.41, 5.74) is 0.876. The quantitative estimate of drug-likeness (QED) is 0.117. The largest absolute Gasteiger partial charge is 0.494 e. The van der Waals surface area contributed by atoms with E-state index >= 15 is 0 Å². The highest BCUT2D eigenvalue weighted by Gasteiger charge is 2.20. The van der Waals surface area contributed by atoms with Crippen molar-refractivity contribution in [3.8, 4) is 16.9 Å². The van der Waals surface area contributed by atoms with Gasteiger partial charge in [0.05, 0.1) is 24.1 Å². The molecule has 2 aromatic heterocycles. The number of aromatic amines is 1. The zero-order valence-corrected chi connectivity index (χ0v) is 22.1. The summed E-state index contributed by atoms with van der Waals surface area (Å²) in [4.78, 5) is 24.2. The molecule has 0 fully saturated rings. The molecule has 0 bridgehead atoms. The number of benzene rings is 2. The summed E-state index contributed by atoms with van der Waals surface area (Å²) >= 11 is 6.44. The lowest BCUT2D eigenvalue weighted by Gasteiger charge is -2.17. The number of pyridine rings is 1. The van der Waals surface area contributed by atoms with Gasteiger partial charge in [0, 0.05) is 23.2 Å². The summed E-state index contributed by atoms with van der Waals surface area (Å²) in [7, 11) is 0. The van der Waals surface area contributed by atoms with Gasteiger partial charge in [0.25, 0.3) is 0 Å². The molecule has 39 heavy (non-hydrogen) atoms. The van der Waals surface area contributed by atoms with Crippen molar-refractivity contribution in [2.24, 2.45) is 0 Å². The van der Waals surface area contributed by atoms with Crippen LogP contribution < -0.4 is 4.74 Å². The minimum Gasteiger partial charge on any atom is -0.494 e. The normalized spacial score (nSPS) is 11.4. The second-order valence-corrected chi connectivity index (χ2v) is 10.1. The maximum absolute atomic E-state index is 13.5. The van der Waals surface area contributed by atoms with Crippen molar-refractivity contribution < 1.29 is 23.4 Å². The molecule has 0 spiro atoms. The van der Waals surface area contributed by atoms with Gasteiger partial charge in [-0.2, -0.15) is 0 Å². The Hall–Kier alpha value is -3.95. The van der Waals surface area contributed by atoms with Crippen LogP contribution in [-0.4, -0.2) is 43.8 Å². The van der Waals surface area contributed by atoms with Crippen LogP contribution in [0.25, 0.3) is 11.1 Å². The number of hydrogen-bond donors (Lipinski definition) is 3. The summed E-state index contributed by atoms with van der Waals surface area (Å²) in [6, 6.07) is 12.1. The summed E-state index contributed by atoms with van der Waals surface area (Å²) in [6.45, 7) is 3.92. The third-order valence-electron chi connectivity index (χ3n) is 5.92. The number of ketones is 1. The van der Waals surface area contributed by atoms with Gasteiger partial charge in [0.2, 0.25) is 5.78 Å². The maximum atomic E-state index is 13.5. The Balaban J connectivity index is 1.47. The van der Waals surface area contributed by atoms with Crippen LogP contribution in [0, 0.1) is 17.0 Å². The van der Waals surface area contributed by atoms with E-state index < -0.39 is 23.0 Å². The number of imidazole rings is 1. The zero-order valence-electron chi connectivity index (χ0n) is 21.4. The number of H-pyrrole nitrogens is 1. The van der Waals surface area contributed by atoms with Gasteiger partial charge in [-0.3, -0.25) is 15.2 Å². The van der Waals surface area contributed by atoms with Crippen LogP contribution in [0.3, 0.4) is 0 Å². The van der Waals surface area contributed by atoms with Gasteiger partial charge in [-0.25, -0.2) is 13.8 Å². The van der Waals surface area contributed by atoms with Crippen molar-refractivity contribution in [1.82, 2.24) is 15.0 Å². The molecule has 202 valence electrons. The predicted molar refractivity (Wildman–Crippen MR) is 145 cm³/mol. The molecule has 0 amide bonds. The number of halogens is 3. The molecule has 0 aliphatic rings. The van der Waals surface area contributed by atoms with Crippen LogP contribution in [0.1, 0.15) is 54.3 Å². The lowest BCUT2D eigenvalue weighted by molar-refractivity contribution is 0.0641. The standard InChI is InChI=1S/C29H27ClF2N4O3/c1-29(2,38)9-3-11-39-19-5-6-21(30)20(15-19)18-8-10-34-24(14-18)27(33)28(37)25-16-35-26(36-25)13-17-4-7-22(31)23(32)12-17/h4-8,10,12,14-16,33,38H,3,9,11,13H2,1-2H3,(H,35,36). The minimum atomic E-state index is -0.967. The van der Waals surface area contributed by atoms with E-state index in [1.54, 1.807) is 44.2 Å². The summed E-state index contributed by atoms with van der Waals surface area (Å²) in [6.07, 6.45) is 4.21. The number of ether oxygens (including phenoxy) is 1. The molecule has 4 rings (SSSR count). The fraction of sp³-hybridized carbons (Fsp3) is 0.241. The number of hydrogen-bond acceptors (Lipinski definition) is 6. The average Bonchev–Trinajstić information content (AvgIpc) is 3.36. The first kappa shape index (κ1) is 28.1. The van der Waals surface area contributed by atoms with E-state index in [0.717, 1.165) is 12.1 Å². The van der Waals surface area contributed by atoms with Gasteiger partial charge >= 0.3 is 0 Å². The third-order valence-corrected chi connectivity index (χ3v) is 6.25. The molecule has 0 atom stereocenters. The fourth-order valence-electron chi connectivity index (χ4n) is 3.91. The molecule has 3 N–H and O–H groups in total. The number of aromatic nitrogens is 3. The first-order valence-corrected chi connectivity index (χ1v) is 12.6. The summed E-state index contributed by atoms with van der Waals surface area (Å²) < 4.78 is 32.5. The first-order valence-electron chi connectivity index (χ1n) is 12.2. The Morgan fingerprint density at radius 3 is 2.64 bits per heavy atom. The number of carbonyl (C=O) groups is 1. The highest BCUT2D eigenvalue weighted by molar-refractivity contribution is 6.49. The minimum absolute atomic E-state index is 0.0734. The molecule has 0 unspecified atom stereocenters. The SMILES string of the molecule is CC(C)(O)CCCOc1ccc(Cl)c(-c2ccnc(C(=N)C(=O)c3cnc(Cc4ccc(F)c(F)c4)[nH]3)c2)c1. The second kappa shape index (κ2) is 11.8. The van der Waals surface area contributed by atoms with E-state index in [9.17, 15) is 18.7 Å². The van der Waals surface area contributed by atoms with Gasteiger partial charge < -0.3 is 14.8 Å². The smallest absolute Gasteiger partial charge is 0.230 e. The van der Waals surface area contributed by atoms with Crippen molar-refractivity contribution in [2.75, 3.05) is 6.61 Å². The second-order valence-electron chi connectivity index (χ2n) is 9.71. The highest BCUT2D eigenvalue weighted by atomic mass is 35.5. The molecule has 0 radical (unpaired) electrons. The molecule has 0 saturated heterocycles. The summed E-state index contributed by atoms with van der Waals surface area (Å²) in [5.74, 6) is -1.57. The topological polar surface area (TPSA) is 112 Å². The lowest BCUT2D eigenvalue weighted by Crippen LogP contribution is -2.19. The molecular formula is C29H27ClF2N4O3. The molecule has 10 heteroatoms. The van der Waals surface area contributed by atoms with Crippen LogP contribution in [-0.2, 0) is 6.42 Å². The number of carbonyl (C=O) groups excluding carboxylic acids is 1. The number of nitrogens with one attached hydrogen (secondary N) is 2. The van der Waals surface area contributed by atoms with E-state index in [1.165, 1.54) is 18.5 Å². The third kappa shape index (κ3) is 7.34. The van der Waals surface area contributed by atoms with Gasteiger partial charge in [-0.05, 0) is 80.3 Å². The molecule has 4 aromatic rings. The van der Waals surface area contributed by atoms with Crippen molar-refractivity contribution in [2.45, 2.75) is 38.7 Å². The van der Waals surface area contributed by atoms with E-state index in [2.05, 4.69) is 15.0 Å². The predicted octanol–water partition coefficient (Wildman–Crippen LogP) is 6.17. The van der Waals surface area contributed by atoms with Crippen molar-refractivity contribution in [1.29, 1.82) is 5.41 Å². The number of Topliss-reactive ketones (excluding diaryl/α,β-unsaturated/α-hetero) is 1. The molecule has 0 saturated carbocycles. The van der Waals surface area contributed by atoms with Crippen LogP contribution >= 0.6 is 11.6 Å². The van der Waals surface area contributed by atoms with Crippen LogP contribution in [0.2, 0.25) is 5.02 Å². The van der Waals surface area contributed by atoms with E-state index in [0.29, 0.717) is 52.7 Å². The number of rotatable bonds is 11. The van der Waals surface area contributed by atoms with E-state index in [1.807, 2.05) is 0 Å². The monoisotopic (exact) mass is 552 g/mol.